The number of hydrogen-bond donors (Lipinski definition) is 3. The maximum Gasteiger partial charge on any atom is 0.254 e. The summed E-state index contributed by atoms with van der Waals surface area (Å²) in [6.07, 6.45) is 10.5. The number of carbonyl (C=O) groups excluding carboxylic acids is 2. The average molecular weight is 932 g/mol. The number of nitrogens with two attached hydrogens (primary N) is 1. The molecule has 7 heterocycles. The lowest BCUT2D eigenvalue weighted by atomic mass is 10.1. The lowest BCUT2D eigenvalue weighted by Crippen LogP contribution is -2.33. The van der Waals surface area contributed by atoms with Crippen LogP contribution in [0.1, 0.15) is 60.8 Å². The highest BCUT2D eigenvalue weighted by atomic mass is 35.5. The molecule has 1 saturated heterocycles. The minimum Gasteiger partial charge on any atom is -0.354 e. The van der Waals surface area contributed by atoms with E-state index in [9.17, 15) is 14.0 Å². The fraction of sp³-hybridized carbons (Fsp3) is 0.256. The van der Waals surface area contributed by atoms with Crippen molar-refractivity contribution in [2.75, 3.05) is 18.0 Å². The Kier molecular flexibility index (Phi) is 12.3. The van der Waals surface area contributed by atoms with Crippen LogP contribution in [-0.2, 0) is 26.2 Å². The molecule has 23 heteroatoms. The number of nitrogens with one attached hydrogen (secondary N) is 2. The van der Waals surface area contributed by atoms with Gasteiger partial charge in [0.15, 0.2) is 0 Å². The lowest BCUT2D eigenvalue weighted by molar-refractivity contribution is 0.0942. The molecule has 4 N–H and O–H groups in total. The summed E-state index contributed by atoms with van der Waals surface area (Å²) in [5.41, 5.74) is 13.6. The summed E-state index contributed by atoms with van der Waals surface area (Å²) in [5.74, 6) is 0.503. The van der Waals surface area contributed by atoms with Crippen molar-refractivity contribution in [2.24, 2.45) is 11.7 Å². The first-order valence-corrected chi connectivity index (χ1v) is 21.4. The molecule has 0 spiro atoms. The number of rotatable bonds is 13. The topological polar surface area (TPSA) is 236 Å². The molecule has 2 aliphatic rings. The van der Waals surface area contributed by atoms with Gasteiger partial charge in [0, 0.05) is 65.5 Å². The number of tetrazole rings is 2. The summed E-state index contributed by atoms with van der Waals surface area (Å²) < 4.78 is 19.5. The third kappa shape index (κ3) is 9.92. The minimum atomic E-state index is -0.529. The number of aromatic nitrogens is 14. The largest absolute Gasteiger partial charge is 0.354 e. The molecule has 20 nitrogen and oxygen atoms in total. The van der Waals surface area contributed by atoms with Gasteiger partial charge in [0.25, 0.3) is 11.8 Å². The second-order valence-corrected chi connectivity index (χ2v) is 17.0. The molecular weight excluding hydrogens is 891 g/mol. The van der Waals surface area contributed by atoms with Gasteiger partial charge < -0.3 is 21.3 Å². The van der Waals surface area contributed by atoms with Gasteiger partial charge in [-0.25, -0.2) is 19.3 Å². The highest BCUT2D eigenvalue weighted by molar-refractivity contribution is 6.31. The Bertz CT molecular complexity index is 3030. The van der Waals surface area contributed by atoms with E-state index in [1.54, 1.807) is 77.3 Å². The second kappa shape index (κ2) is 18.5. The molecule has 0 bridgehead atoms. The summed E-state index contributed by atoms with van der Waals surface area (Å²) in [6, 6.07) is 17.6. The van der Waals surface area contributed by atoms with E-state index in [4.69, 9.17) is 33.9 Å². The van der Waals surface area contributed by atoms with Crippen molar-refractivity contribution in [3.8, 4) is 11.4 Å². The Morgan fingerprint density at radius 3 is 1.74 bits per heavy atom. The Hall–Kier alpha value is -7.49. The van der Waals surface area contributed by atoms with Crippen molar-refractivity contribution >= 4 is 40.8 Å². The van der Waals surface area contributed by atoms with Crippen molar-refractivity contribution in [3.63, 3.8) is 0 Å². The van der Waals surface area contributed by atoms with Crippen molar-refractivity contribution in [3.05, 3.63) is 159 Å². The first-order chi connectivity index (χ1) is 31.9. The first-order valence-electron chi connectivity index (χ1n) is 20.6. The van der Waals surface area contributed by atoms with Crippen LogP contribution in [0.5, 0.6) is 0 Å². The van der Waals surface area contributed by atoms with Crippen LogP contribution >= 0.6 is 23.2 Å². The van der Waals surface area contributed by atoms with E-state index in [1.165, 1.54) is 34.3 Å². The molecule has 2 atom stereocenters. The van der Waals surface area contributed by atoms with Crippen molar-refractivity contribution in [1.29, 1.82) is 0 Å². The number of pyridine rings is 2. The van der Waals surface area contributed by atoms with Gasteiger partial charge in [-0.1, -0.05) is 35.3 Å². The maximum absolute atomic E-state index is 13.2. The number of benzene rings is 2. The highest BCUT2D eigenvalue weighted by Crippen LogP contribution is 2.48. The van der Waals surface area contributed by atoms with E-state index >= 15 is 0 Å². The molecule has 336 valence electrons. The van der Waals surface area contributed by atoms with Crippen LogP contribution in [0.3, 0.4) is 0 Å². The molecule has 0 unspecified atom stereocenters. The molecule has 2 fully saturated rings. The predicted molar refractivity (Wildman–Crippen MR) is 238 cm³/mol. The van der Waals surface area contributed by atoms with E-state index in [0.717, 1.165) is 59.0 Å². The number of carbonyl (C=O) groups is 2. The van der Waals surface area contributed by atoms with Gasteiger partial charge in [-0.2, -0.15) is 14.6 Å². The number of aryl methyl sites for hydroxylation is 2. The maximum atomic E-state index is 13.2. The van der Waals surface area contributed by atoms with Crippen LogP contribution in [0, 0.1) is 25.7 Å². The van der Waals surface area contributed by atoms with Gasteiger partial charge >= 0.3 is 0 Å². The van der Waals surface area contributed by atoms with Crippen LogP contribution in [0.2, 0.25) is 10.0 Å². The van der Waals surface area contributed by atoms with Crippen LogP contribution in [0.25, 0.3) is 11.4 Å². The molecule has 1 saturated carbocycles. The van der Waals surface area contributed by atoms with Gasteiger partial charge in [0.2, 0.25) is 5.95 Å². The number of hydrogen-bond acceptors (Lipinski definition) is 14. The van der Waals surface area contributed by atoms with E-state index in [0.29, 0.717) is 51.6 Å². The third-order valence-electron chi connectivity index (χ3n) is 11.5. The summed E-state index contributed by atoms with van der Waals surface area (Å²) in [5, 5.41) is 37.8. The zero-order chi connectivity index (χ0) is 46.0. The third-order valence-corrected chi connectivity index (χ3v) is 12.0. The van der Waals surface area contributed by atoms with Crippen molar-refractivity contribution < 1.29 is 14.0 Å². The smallest absolute Gasteiger partial charge is 0.254 e. The normalized spacial score (nSPS) is 16.1. The average Bonchev–Trinajstić information content (AvgIpc) is 4.08. The summed E-state index contributed by atoms with van der Waals surface area (Å²) in [4.78, 5) is 36.2. The molecule has 8 aromatic rings. The first kappa shape index (κ1) is 43.7. The highest BCUT2D eigenvalue weighted by Gasteiger charge is 2.57. The molecule has 2 amide bonds. The fourth-order valence-electron chi connectivity index (χ4n) is 7.77. The summed E-state index contributed by atoms with van der Waals surface area (Å²) >= 11 is 12.3. The molecule has 2 aromatic carbocycles. The minimum absolute atomic E-state index is 0.0117. The number of halogens is 3. The van der Waals surface area contributed by atoms with Crippen LogP contribution in [0.15, 0.2) is 98.1 Å². The van der Waals surface area contributed by atoms with Crippen LogP contribution in [-0.4, -0.2) is 100 Å². The predicted octanol–water partition coefficient (Wildman–Crippen LogP) is 4.06. The van der Waals surface area contributed by atoms with Gasteiger partial charge in [-0.15, -0.1) is 10.2 Å². The van der Waals surface area contributed by atoms with Gasteiger partial charge in [0.1, 0.15) is 18.5 Å². The lowest BCUT2D eigenvalue weighted by Gasteiger charge is -2.21. The van der Waals surface area contributed by atoms with Gasteiger partial charge in [-0.3, -0.25) is 19.0 Å². The van der Waals surface area contributed by atoms with Gasteiger partial charge in [0.05, 0.1) is 48.0 Å². The fourth-order valence-corrected chi connectivity index (χ4v) is 8.16. The van der Waals surface area contributed by atoms with Crippen LogP contribution in [0.4, 0.5) is 10.2 Å². The number of fused-ring (bicyclic) bond motifs is 1. The van der Waals surface area contributed by atoms with Crippen LogP contribution < -0.4 is 21.3 Å². The summed E-state index contributed by atoms with van der Waals surface area (Å²) in [7, 11) is 0. The molecule has 10 rings (SSSR count). The van der Waals surface area contributed by atoms with E-state index in [2.05, 4.69) is 67.8 Å². The molecule has 1 aliphatic heterocycles. The van der Waals surface area contributed by atoms with E-state index < -0.39 is 5.95 Å². The van der Waals surface area contributed by atoms with Crippen molar-refractivity contribution in [2.45, 2.75) is 52.0 Å². The standard InChI is InChI=1S/C24H25ClN10O.C19H16ClFN8O/c1-15-16(2-5-22(30-15)33-12-19-7-24(19,26)13-33)10-34-11-18(9-29-34)23(36)27-8-17-6-20(25)3-4-21(17)35-14-28-31-32-35;1-12-13(2-5-18(21)25-12)9-28-10-15(8-24-28)19(30)22-7-14-6-16(20)3-4-17(14)29-11-23-26-27-29/h2-6,9,11,14,19H,7-8,10,12-13,26H2,1H3,(H,27,36);2-6,8,10-11H,7,9H2,1H3,(H,22,30)/t19-,24-;/m0./s1. The molecule has 1 aliphatic carbocycles. The number of amides is 2. The molecule has 66 heavy (non-hydrogen) atoms. The molecule has 6 aromatic heterocycles. The van der Waals surface area contributed by atoms with E-state index in [-0.39, 0.29) is 30.4 Å². The molecular formula is C43H41Cl2FN18O2. The monoisotopic (exact) mass is 930 g/mol. The zero-order valence-electron chi connectivity index (χ0n) is 35.5. The Balaban J connectivity index is 0.000000169. The number of nitrogens with zero attached hydrogens (tertiary/aromatic N) is 15. The van der Waals surface area contributed by atoms with Gasteiger partial charge in [-0.05, 0) is 118 Å². The quantitative estimate of drug-likeness (QED) is 0.138. The second-order valence-electron chi connectivity index (χ2n) is 16.1. The number of anilines is 1. The Morgan fingerprint density at radius 2 is 1.27 bits per heavy atom. The van der Waals surface area contributed by atoms with E-state index in [1.807, 2.05) is 13.0 Å². The Morgan fingerprint density at radius 1 is 0.742 bits per heavy atom. The summed E-state index contributed by atoms with van der Waals surface area (Å²) in [6.45, 7) is 6.95. The SMILES string of the molecule is Cc1nc(F)ccc1Cn1cc(C(=O)NCc2cc(Cl)ccc2-n2cnnn2)cn1.Cc1nc(N2C[C@@H]3C[C@]3(N)C2)ccc1Cn1cc(C(=O)NCc2cc(Cl)ccc2-n2cnnn2)cn1. The zero-order valence-corrected chi connectivity index (χ0v) is 37.0. The molecule has 0 radical (unpaired) electrons. The Labute approximate surface area is 385 Å². The van der Waals surface area contributed by atoms with Crippen molar-refractivity contribution in [1.82, 2.24) is 80.6 Å². The number of piperidine rings is 1.